The van der Waals surface area contributed by atoms with Crippen LogP contribution in [0.3, 0.4) is 0 Å². The minimum absolute atomic E-state index is 0.0865. The normalized spacial score (nSPS) is 10.1. The number of aliphatic carboxylic acids is 1. The fourth-order valence-electron chi connectivity index (χ4n) is 1.89. The molecule has 0 atom stereocenters. The summed E-state index contributed by atoms with van der Waals surface area (Å²) >= 11 is 0. The van der Waals surface area contributed by atoms with E-state index in [0.29, 0.717) is 11.3 Å². The van der Waals surface area contributed by atoms with Gasteiger partial charge in [0.15, 0.2) is 0 Å². The van der Waals surface area contributed by atoms with E-state index < -0.39 is 10.9 Å². The molecule has 0 aliphatic heterocycles. The fourth-order valence-corrected chi connectivity index (χ4v) is 1.89. The number of carboxylic acids is 1. The second kappa shape index (κ2) is 6.04. The summed E-state index contributed by atoms with van der Waals surface area (Å²) in [5.74, 6) is -0.611. The zero-order valence-corrected chi connectivity index (χ0v) is 11.3. The third kappa shape index (κ3) is 3.56. The van der Waals surface area contributed by atoms with Crippen LogP contribution >= 0.6 is 0 Å². The fraction of sp³-hybridized carbons (Fsp3) is 0.133. The van der Waals surface area contributed by atoms with Gasteiger partial charge in [-0.25, -0.2) is 0 Å². The molecule has 0 spiro atoms. The van der Waals surface area contributed by atoms with E-state index in [0.717, 1.165) is 5.56 Å². The highest BCUT2D eigenvalue weighted by atomic mass is 16.6. The summed E-state index contributed by atoms with van der Waals surface area (Å²) in [4.78, 5) is 21.4. The summed E-state index contributed by atoms with van der Waals surface area (Å²) < 4.78 is 5.55. The van der Waals surface area contributed by atoms with Gasteiger partial charge in [-0.3, -0.25) is 14.9 Å². The van der Waals surface area contributed by atoms with E-state index in [1.807, 2.05) is 0 Å². The third-order valence-corrected chi connectivity index (χ3v) is 2.85. The Kier molecular flexibility index (Phi) is 4.18. The molecule has 2 aromatic carbocycles. The quantitative estimate of drug-likeness (QED) is 0.673. The summed E-state index contributed by atoms with van der Waals surface area (Å²) in [5.41, 5.74) is 1.05. The molecule has 2 aromatic rings. The van der Waals surface area contributed by atoms with Gasteiger partial charge in [-0.15, -0.1) is 0 Å². The van der Waals surface area contributed by atoms with Gasteiger partial charge in [0, 0.05) is 11.6 Å². The van der Waals surface area contributed by atoms with Crippen molar-refractivity contribution in [2.45, 2.75) is 13.3 Å². The maximum absolute atomic E-state index is 11.1. The molecule has 0 aliphatic carbocycles. The monoisotopic (exact) mass is 287 g/mol. The summed E-state index contributed by atoms with van der Waals surface area (Å²) in [5, 5.41) is 19.9. The van der Waals surface area contributed by atoms with E-state index >= 15 is 0 Å². The van der Waals surface area contributed by atoms with Crippen molar-refractivity contribution in [2.24, 2.45) is 0 Å². The SMILES string of the molecule is Cc1ccc(Oc2ccccc2CC(=O)O)c([N+](=O)[O-])c1. The minimum Gasteiger partial charge on any atom is -0.481 e. The van der Waals surface area contributed by atoms with Gasteiger partial charge in [0.25, 0.3) is 0 Å². The molecule has 0 saturated heterocycles. The van der Waals surface area contributed by atoms with Crippen LogP contribution in [0.2, 0.25) is 0 Å². The molecule has 0 radical (unpaired) electrons. The highest BCUT2D eigenvalue weighted by Gasteiger charge is 2.17. The van der Waals surface area contributed by atoms with Gasteiger partial charge in [0.05, 0.1) is 11.3 Å². The number of benzene rings is 2. The zero-order chi connectivity index (χ0) is 15.4. The van der Waals surface area contributed by atoms with Gasteiger partial charge >= 0.3 is 11.7 Å². The average molecular weight is 287 g/mol. The van der Waals surface area contributed by atoms with E-state index in [2.05, 4.69) is 0 Å². The van der Waals surface area contributed by atoms with Gasteiger partial charge in [-0.05, 0) is 24.6 Å². The first kappa shape index (κ1) is 14.5. The largest absolute Gasteiger partial charge is 0.481 e. The molecule has 0 bridgehead atoms. The smallest absolute Gasteiger partial charge is 0.311 e. The molecule has 0 aliphatic rings. The number of rotatable bonds is 5. The number of para-hydroxylation sites is 1. The number of carbonyl (C=O) groups is 1. The van der Waals surface area contributed by atoms with Crippen molar-refractivity contribution in [3.8, 4) is 11.5 Å². The number of nitro groups is 1. The molecule has 6 heteroatoms. The third-order valence-electron chi connectivity index (χ3n) is 2.85. The van der Waals surface area contributed by atoms with E-state index in [9.17, 15) is 14.9 Å². The van der Waals surface area contributed by atoms with Crippen molar-refractivity contribution in [3.05, 3.63) is 63.7 Å². The first-order valence-corrected chi connectivity index (χ1v) is 6.20. The molecule has 0 heterocycles. The van der Waals surface area contributed by atoms with Gasteiger partial charge in [0.1, 0.15) is 5.75 Å². The van der Waals surface area contributed by atoms with E-state index in [1.165, 1.54) is 12.1 Å². The molecule has 0 fully saturated rings. The van der Waals surface area contributed by atoms with Crippen LogP contribution in [-0.2, 0) is 11.2 Å². The number of nitro benzene ring substituents is 1. The standard InChI is InChI=1S/C15H13NO5/c1-10-6-7-14(12(8-10)16(19)20)21-13-5-3-2-4-11(13)9-15(17)18/h2-8H,9H2,1H3,(H,17,18). The maximum atomic E-state index is 11.1. The second-order valence-electron chi connectivity index (χ2n) is 4.51. The van der Waals surface area contributed by atoms with Crippen LogP contribution in [0.1, 0.15) is 11.1 Å². The van der Waals surface area contributed by atoms with E-state index in [-0.39, 0.29) is 17.9 Å². The topological polar surface area (TPSA) is 89.7 Å². The van der Waals surface area contributed by atoms with E-state index in [1.54, 1.807) is 37.3 Å². The summed E-state index contributed by atoms with van der Waals surface area (Å²) in [6.45, 7) is 1.75. The minimum atomic E-state index is -0.996. The molecule has 2 rings (SSSR count). The average Bonchev–Trinajstić information content (AvgIpc) is 2.42. The lowest BCUT2D eigenvalue weighted by Gasteiger charge is -2.10. The summed E-state index contributed by atoms with van der Waals surface area (Å²) in [6, 6.07) is 11.2. The highest BCUT2D eigenvalue weighted by molar-refractivity contribution is 5.71. The van der Waals surface area contributed by atoms with Crippen molar-refractivity contribution in [1.29, 1.82) is 0 Å². The molecule has 1 N–H and O–H groups in total. The zero-order valence-electron chi connectivity index (χ0n) is 11.3. The summed E-state index contributed by atoms with van der Waals surface area (Å²) in [7, 11) is 0. The van der Waals surface area contributed by atoms with E-state index in [4.69, 9.17) is 9.84 Å². The van der Waals surface area contributed by atoms with Crippen LogP contribution in [0, 0.1) is 17.0 Å². The Bertz CT molecular complexity index is 696. The lowest BCUT2D eigenvalue weighted by molar-refractivity contribution is -0.385. The second-order valence-corrected chi connectivity index (χ2v) is 4.51. The van der Waals surface area contributed by atoms with Crippen LogP contribution in [-0.4, -0.2) is 16.0 Å². The number of carboxylic acid groups (broad SMARTS) is 1. The Balaban J connectivity index is 2.39. The molecule has 0 amide bonds. The van der Waals surface area contributed by atoms with Gasteiger partial charge in [0.2, 0.25) is 5.75 Å². The van der Waals surface area contributed by atoms with Crippen molar-refractivity contribution in [2.75, 3.05) is 0 Å². The Hall–Kier alpha value is -2.89. The van der Waals surface area contributed by atoms with Crippen molar-refractivity contribution in [1.82, 2.24) is 0 Å². The van der Waals surface area contributed by atoms with Crippen LogP contribution < -0.4 is 4.74 Å². The van der Waals surface area contributed by atoms with Crippen LogP contribution in [0.5, 0.6) is 11.5 Å². The van der Waals surface area contributed by atoms with Gasteiger partial charge in [-0.1, -0.05) is 24.3 Å². The molecular weight excluding hydrogens is 274 g/mol. The molecule has 6 nitrogen and oxygen atoms in total. The molecular formula is C15H13NO5. The Morgan fingerprint density at radius 3 is 2.62 bits per heavy atom. The van der Waals surface area contributed by atoms with Gasteiger partial charge < -0.3 is 9.84 Å². The number of hydrogen-bond acceptors (Lipinski definition) is 4. The van der Waals surface area contributed by atoms with Crippen LogP contribution in [0.25, 0.3) is 0 Å². The summed E-state index contributed by atoms with van der Waals surface area (Å²) in [6.07, 6.45) is -0.212. The molecule has 0 saturated carbocycles. The van der Waals surface area contributed by atoms with Crippen molar-refractivity contribution in [3.63, 3.8) is 0 Å². The maximum Gasteiger partial charge on any atom is 0.311 e. The van der Waals surface area contributed by atoms with Gasteiger partial charge in [-0.2, -0.15) is 0 Å². The van der Waals surface area contributed by atoms with Crippen molar-refractivity contribution >= 4 is 11.7 Å². The Morgan fingerprint density at radius 2 is 1.95 bits per heavy atom. The van der Waals surface area contributed by atoms with Crippen LogP contribution in [0.15, 0.2) is 42.5 Å². The predicted octanol–water partition coefficient (Wildman–Crippen LogP) is 3.32. The molecule has 108 valence electrons. The number of ether oxygens (including phenoxy) is 1. The lowest BCUT2D eigenvalue weighted by Crippen LogP contribution is -2.02. The first-order valence-electron chi connectivity index (χ1n) is 6.20. The Labute approximate surface area is 120 Å². The number of hydrogen-bond donors (Lipinski definition) is 1. The van der Waals surface area contributed by atoms with Crippen LogP contribution in [0.4, 0.5) is 5.69 Å². The number of nitrogens with zero attached hydrogens (tertiary/aromatic N) is 1. The highest BCUT2D eigenvalue weighted by Crippen LogP contribution is 2.33. The lowest BCUT2D eigenvalue weighted by atomic mass is 10.1. The molecule has 0 unspecified atom stereocenters. The van der Waals surface area contributed by atoms with Crippen molar-refractivity contribution < 1.29 is 19.6 Å². The molecule has 0 aromatic heterocycles. The molecule has 21 heavy (non-hydrogen) atoms. The Morgan fingerprint density at radius 1 is 1.24 bits per heavy atom. The number of aryl methyl sites for hydroxylation is 1. The first-order chi connectivity index (χ1) is 9.97. The predicted molar refractivity (Wildman–Crippen MR) is 75.7 cm³/mol.